The van der Waals surface area contributed by atoms with E-state index in [-0.39, 0.29) is 0 Å². The SMILES string of the molecule is CC.c1cc(NC2CCNC2)nc(-c2cnc3ccc(-c4cnn(C5CC5)c4)nn23)c1. The number of rotatable bonds is 5. The fourth-order valence-electron chi connectivity index (χ4n) is 3.86. The predicted octanol–water partition coefficient (Wildman–Crippen LogP) is 3.79. The zero-order chi connectivity index (χ0) is 21.2. The third-order valence-electron chi connectivity index (χ3n) is 5.60. The van der Waals surface area contributed by atoms with Crippen molar-refractivity contribution in [2.24, 2.45) is 0 Å². The summed E-state index contributed by atoms with van der Waals surface area (Å²) >= 11 is 0. The molecule has 0 spiro atoms. The molecule has 1 aliphatic heterocycles. The van der Waals surface area contributed by atoms with E-state index in [0.717, 1.165) is 53.6 Å². The van der Waals surface area contributed by atoms with Gasteiger partial charge in [0.05, 0.1) is 29.8 Å². The van der Waals surface area contributed by atoms with Crippen LogP contribution in [0, 0.1) is 0 Å². The monoisotopic (exact) mass is 416 g/mol. The van der Waals surface area contributed by atoms with Crippen LogP contribution in [0.25, 0.3) is 28.3 Å². The first-order valence-corrected chi connectivity index (χ1v) is 11.2. The summed E-state index contributed by atoms with van der Waals surface area (Å²) in [7, 11) is 0. The summed E-state index contributed by atoms with van der Waals surface area (Å²) in [5, 5.41) is 16.2. The van der Waals surface area contributed by atoms with E-state index in [1.54, 1.807) is 0 Å². The molecule has 8 nitrogen and oxygen atoms in total. The minimum absolute atomic E-state index is 0.424. The highest BCUT2D eigenvalue weighted by molar-refractivity contribution is 5.64. The van der Waals surface area contributed by atoms with Crippen LogP contribution in [0.1, 0.15) is 39.2 Å². The summed E-state index contributed by atoms with van der Waals surface area (Å²) < 4.78 is 3.91. The van der Waals surface area contributed by atoms with Gasteiger partial charge in [-0.15, -0.1) is 0 Å². The molecule has 2 fully saturated rings. The highest BCUT2D eigenvalue weighted by atomic mass is 15.3. The van der Waals surface area contributed by atoms with Gasteiger partial charge >= 0.3 is 0 Å². The highest BCUT2D eigenvalue weighted by Gasteiger charge is 2.24. The number of nitrogens with one attached hydrogen (secondary N) is 2. The third kappa shape index (κ3) is 4.03. The molecule has 0 aromatic carbocycles. The van der Waals surface area contributed by atoms with Crippen molar-refractivity contribution in [2.45, 2.75) is 45.2 Å². The van der Waals surface area contributed by atoms with E-state index in [0.29, 0.717) is 12.1 Å². The Labute approximate surface area is 181 Å². The maximum absolute atomic E-state index is 4.84. The molecule has 2 N–H and O–H groups in total. The Morgan fingerprint density at radius 1 is 1.03 bits per heavy atom. The molecule has 0 bridgehead atoms. The molecular weight excluding hydrogens is 388 g/mol. The minimum atomic E-state index is 0.424. The molecule has 1 atom stereocenters. The Morgan fingerprint density at radius 3 is 2.74 bits per heavy atom. The molecule has 0 amide bonds. The van der Waals surface area contributed by atoms with Gasteiger partial charge in [-0.05, 0) is 50.1 Å². The molecule has 1 saturated heterocycles. The van der Waals surface area contributed by atoms with Crippen molar-refractivity contribution in [1.29, 1.82) is 0 Å². The van der Waals surface area contributed by atoms with Gasteiger partial charge in [0, 0.05) is 24.3 Å². The number of aromatic nitrogens is 6. The second-order valence-corrected chi connectivity index (χ2v) is 7.81. The van der Waals surface area contributed by atoms with Crippen LogP contribution in [0.2, 0.25) is 0 Å². The fourth-order valence-corrected chi connectivity index (χ4v) is 3.86. The lowest BCUT2D eigenvalue weighted by Crippen LogP contribution is -2.22. The molecule has 8 heteroatoms. The first-order valence-electron chi connectivity index (χ1n) is 11.2. The van der Waals surface area contributed by atoms with Crippen LogP contribution >= 0.6 is 0 Å². The molecule has 2 aliphatic rings. The zero-order valence-corrected chi connectivity index (χ0v) is 18.0. The van der Waals surface area contributed by atoms with Gasteiger partial charge < -0.3 is 10.6 Å². The van der Waals surface area contributed by atoms with Gasteiger partial charge in [-0.1, -0.05) is 19.9 Å². The van der Waals surface area contributed by atoms with Crippen LogP contribution in [0.4, 0.5) is 5.82 Å². The van der Waals surface area contributed by atoms with Gasteiger partial charge in [-0.2, -0.15) is 10.2 Å². The summed E-state index contributed by atoms with van der Waals surface area (Å²) in [4.78, 5) is 9.33. The number of pyridine rings is 1. The highest BCUT2D eigenvalue weighted by Crippen LogP contribution is 2.35. The van der Waals surface area contributed by atoms with Crippen LogP contribution in [0.15, 0.2) is 48.9 Å². The summed E-state index contributed by atoms with van der Waals surface area (Å²) in [6.07, 6.45) is 9.35. The van der Waals surface area contributed by atoms with Crippen LogP contribution in [-0.4, -0.2) is 48.5 Å². The third-order valence-corrected chi connectivity index (χ3v) is 5.60. The topological polar surface area (TPSA) is 85.0 Å². The van der Waals surface area contributed by atoms with Crippen LogP contribution < -0.4 is 10.6 Å². The average Bonchev–Trinajstić information content (AvgIpc) is 3.21. The van der Waals surface area contributed by atoms with Gasteiger partial charge in [0.1, 0.15) is 11.5 Å². The van der Waals surface area contributed by atoms with E-state index in [4.69, 9.17) is 10.1 Å². The van der Waals surface area contributed by atoms with Gasteiger partial charge in [0.2, 0.25) is 0 Å². The van der Waals surface area contributed by atoms with E-state index in [9.17, 15) is 0 Å². The summed E-state index contributed by atoms with van der Waals surface area (Å²) in [5.41, 5.74) is 4.44. The van der Waals surface area contributed by atoms with Crippen molar-refractivity contribution in [3.63, 3.8) is 0 Å². The second-order valence-electron chi connectivity index (χ2n) is 7.81. The number of hydrogen-bond donors (Lipinski definition) is 2. The van der Waals surface area contributed by atoms with Crippen LogP contribution in [0.3, 0.4) is 0 Å². The van der Waals surface area contributed by atoms with Crippen LogP contribution in [-0.2, 0) is 0 Å². The lowest BCUT2D eigenvalue weighted by atomic mass is 10.2. The molecule has 1 aliphatic carbocycles. The average molecular weight is 417 g/mol. The number of anilines is 1. The molecule has 6 rings (SSSR count). The first-order chi connectivity index (χ1) is 15.3. The Kier molecular flexibility index (Phi) is 5.38. The summed E-state index contributed by atoms with van der Waals surface area (Å²) in [6.45, 7) is 6.02. The first kappa shape index (κ1) is 19.7. The van der Waals surface area contributed by atoms with Gasteiger partial charge in [-0.25, -0.2) is 14.5 Å². The fraction of sp³-hybridized carbons (Fsp3) is 0.391. The van der Waals surface area contributed by atoms with Gasteiger partial charge in [-0.3, -0.25) is 4.68 Å². The molecule has 1 saturated carbocycles. The summed E-state index contributed by atoms with van der Waals surface area (Å²) in [5.74, 6) is 0.882. The zero-order valence-electron chi connectivity index (χ0n) is 18.0. The van der Waals surface area contributed by atoms with Crippen molar-refractivity contribution in [2.75, 3.05) is 18.4 Å². The van der Waals surface area contributed by atoms with E-state index in [1.165, 1.54) is 12.8 Å². The normalized spacial score (nSPS) is 18.1. The lowest BCUT2D eigenvalue weighted by Gasteiger charge is -2.12. The molecule has 1 unspecified atom stereocenters. The maximum atomic E-state index is 4.84. The standard InChI is InChI=1S/C21H22N8.C2H6/c1-2-18(26-20(3-1)25-15-8-9-22-11-15)19-12-23-21-7-6-17(27-29(19)21)14-10-24-28(13-14)16-4-5-16;1-2/h1-3,6-7,10,12-13,15-16,22H,4-5,8-9,11H2,(H,25,26);1-2H3. The van der Waals surface area contributed by atoms with Crippen LogP contribution in [0.5, 0.6) is 0 Å². The van der Waals surface area contributed by atoms with E-state index in [1.807, 2.05) is 65.8 Å². The molecule has 160 valence electrons. The molecule has 5 heterocycles. The van der Waals surface area contributed by atoms with Crippen molar-refractivity contribution < 1.29 is 0 Å². The van der Waals surface area contributed by atoms with Gasteiger partial charge in [0.15, 0.2) is 5.65 Å². The molecule has 4 aromatic rings. The smallest absolute Gasteiger partial charge is 0.154 e. The van der Waals surface area contributed by atoms with E-state index >= 15 is 0 Å². The van der Waals surface area contributed by atoms with Crippen molar-refractivity contribution in [1.82, 2.24) is 34.7 Å². The molecular formula is C23H28N8. The molecule has 31 heavy (non-hydrogen) atoms. The Morgan fingerprint density at radius 2 is 1.94 bits per heavy atom. The number of hydrogen-bond acceptors (Lipinski definition) is 6. The quantitative estimate of drug-likeness (QED) is 0.515. The Bertz CT molecular complexity index is 1170. The Hall–Kier alpha value is -3.26. The van der Waals surface area contributed by atoms with E-state index < -0.39 is 0 Å². The van der Waals surface area contributed by atoms with E-state index in [2.05, 4.69) is 26.9 Å². The maximum Gasteiger partial charge on any atom is 0.154 e. The van der Waals surface area contributed by atoms with Crippen molar-refractivity contribution >= 4 is 11.5 Å². The lowest BCUT2D eigenvalue weighted by molar-refractivity contribution is 0.642. The minimum Gasteiger partial charge on any atom is -0.366 e. The Balaban J connectivity index is 0.000000994. The van der Waals surface area contributed by atoms with Crippen molar-refractivity contribution in [3.8, 4) is 22.6 Å². The molecule has 0 radical (unpaired) electrons. The molecule has 4 aromatic heterocycles. The number of nitrogens with zero attached hydrogens (tertiary/aromatic N) is 6. The number of fused-ring (bicyclic) bond motifs is 1. The summed E-state index contributed by atoms with van der Waals surface area (Å²) in [6, 6.07) is 11.0. The number of imidazole rings is 1. The largest absolute Gasteiger partial charge is 0.366 e. The van der Waals surface area contributed by atoms with Gasteiger partial charge in [0.25, 0.3) is 0 Å². The van der Waals surface area contributed by atoms with Crippen molar-refractivity contribution in [3.05, 3.63) is 48.9 Å². The second kappa shape index (κ2) is 8.47. The predicted molar refractivity (Wildman–Crippen MR) is 122 cm³/mol.